The van der Waals surface area contributed by atoms with Gasteiger partial charge >= 0.3 is 0 Å². The number of phenols is 1. The van der Waals surface area contributed by atoms with E-state index < -0.39 is 5.91 Å². The molecule has 9 heteroatoms. The molecule has 2 aromatic rings. The third-order valence-electron chi connectivity index (χ3n) is 4.23. The highest BCUT2D eigenvalue weighted by molar-refractivity contribution is 6.32. The third kappa shape index (κ3) is 8.18. The summed E-state index contributed by atoms with van der Waals surface area (Å²) in [6, 6.07) is 10.7. The van der Waals surface area contributed by atoms with Crippen LogP contribution in [0, 0.1) is 0 Å². The summed E-state index contributed by atoms with van der Waals surface area (Å²) in [4.78, 5) is 23.7. The van der Waals surface area contributed by atoms with Crippen molar-refractivity contribution in [2.45, 2.75) is 26.2 Å². The van der Waals surface area contributed by atoms with Gasteiger partial charge in [-0.1, -0.05) is 23.7 Å². The van der Waals surface area contributed by atoms with Crippen LogP contribution in [0.2, 0.25) is 5.02 Å². The van der Waals surface area contributed by atoms with Gasteiger partial charge in [0.25, 0.3) is 5.91 Å². The van der Waals surface area contributed by atoms with Gasteiger partial charge in [0.2, 0.25) is 5.91 Å². The van der Waals surface area contributed by atoms with Gasteiger partial charge in [-0.3, -0.25) is 9.59 Å². The van der Waals surface area contributed by atoms with Crippen LogP contribution in [0.15, 0.2) is 41.5 Å². The Morgan fingerprint density at radius 2 is 1.94 bits per heavy atom. The van der Waals surface area contributed by atoms with Crippen LogP contribution in [0.4, 0.5) is 0 Å². The smallest absolute Gasteiger partial charge is 0.259 e. The van der Waals surface area contributed by atoms with E-state index in [1.54, 1.807) is 20.1 Å². The SMILES string of the molecule is CCOc1cc(/C=N/NC(=O)CNC(=O)CCCc2ccc(OC)cc2)cc(Cl)c1O. The molecule has 2 amide bonds. The van der Waals surface area contributed by atoms with Crippen LogP contribution in [0.5, 0.6) is 17.2 Å². The van der Waals surface area contributed by atoms with E-state index in [9.17, 15) is 14.7 Å². The quantitative estimate of drug-likeness (QED) is 0.362. The Labute approximate surface area is 186 Å². The number of methoxy groups -OCH3 is 1. The van der Waals surface area contributed by atoms with E-state index in [0.29, 0.717) is 25.0 Å². The zero-order valence-electron chi connectivity index (χ0n) is 17.5. The molecule has 31 heavy (non-hydrogen) atoms. The molecule has 0 radical (unpaired) electrons. The molecule has 0 spiro atoms. The summed E-state index contributed by atoms with van der Waals surface area (Å²) in [5.41, 5.74) is 3.97. The van der Waals surface area contributed by atoms with Gasteiger partial charge in [-0.15, -0.1) is 0 Å². The number of aryl methyl sites for hydroxylation is 1. The summed E-state index contributed by atoms with van der Waals surface area (Å²) in [6.45, 7) is 1.96. The van der Waals surface area contributed by atoms with E-state index in [1.807, 2.05) is 24.3 Å². The summed E-state index contributed by atoms with van der Waals surface area (Å²) >= 11 is 5.94. The molecule has 0 aliphatic heterocycles. The number of nitrogens with zero attached hydrogens (tertiary/aromatic N) is 1. The first-order valence-electron chi connectivity index (χ1n) is 9.79. The summed E-state index contributed by atoms with van der Waals surface area (Å²) in [5, 5.41) is 16.3. The largest absolute Gasteiger partial charge is 0.503 e. The average Bonchev–Trinajstić information content (AvgIpc) is 2.76. The fourth-order valence-electron chi connectivity index (χ4n) is 2.66. The predicted molar refractivity (Wildman–Crippen MR) is 119 cm³/mol. The van der Waals surface area contributed by atoms with E-state index in [1.165, 1.54) is 12.3 Å². The number of carbonyl (C=O) groups is 2. The van der Waals surface area contributed by atoms with Gasteiger partial charge in [-0.25, -0.2) is 5.43 Å². The monoisotopic (exact) mass is 447 g/mol. The Bertz CT molecular complexity index is 916. The van der Waals surface area contributed by atoms with E-state index in [2.05, 4.69) is 15.8 Å². The number of carbonyl (C=O) groups excluding carboxylic acids is 2. The van der Waals surface area contributed by atoms with E-state index in [-0.39, 0.29) is 29.0 Å². The number of hydrazone groups is 1. The summed E-state index contributed by atoms with van der Waals surface area (Å²) < 4.78 is 10.4. The molecule has 0 aromatic heterocycles. The van der Waals surface area contributed by atoms with Crippen molar-refractivity contribution in [1.82, 2.24) is 10.7 Å². The van der Waals surface area contributed by atoms with Crippen LogP contribution in [-0.4, -0.2) is 43.4 Å². The topological polar surface area (TPSA) is 109 Å². The van der Waals surface area contributed by atoms with E-state index >= 15 is 0 Å². The average molecular weight is 448 g/mol. The van der Waals surface area contributed by atoms with Crippen LogP contribution in [0.25, 0.3) is 0 Å². The first kappa shape index (κ1) is 24.0. The predicted octanol–water partition coefficient (Wildman–Crippen LogP) is 3.04. The van der Waals surface area contributed by atoms with Crippen LogP contribution in [-0.2, 0) is 16.0 Å². The highest BCUT2D eigenvalue weighted by atomic mass is 35.5. The molecule has 0 fully saturated rings. The maximum Gasteiger partial charge on any atom is 0.259 e. The Balaban J connectivity index is 1.70. The van der Waals surface area contributed by atoms with Gasteiger partial charge in [0.15, 0.2) is 11.5 Å². The van der Waals surface area contributed by atoms with E-state index in [4.69, 9.17) is 21.1 Å². The molecule has 0 bridgehead atoms. The van der Waals surface area contributed by atoms with Gasteiger partial charge in [0.05, 0.1) is 31.5 Å². The number of hydrogen-bond donors (Lipinski definition) is 3. The molecule has 0 saturated heterocycles. The molecule has 0 heterocycles. The Hall–Kier alpha value is -3.26. The number of nitrogens with one attached hydrogen (secondary N) is 2. The standard InChI is InChI=1S/C22H26ClN3O5/c1-3-31-19-12-16(11-18(23)22(19)29)13-25-26-21(28)14-24-20(27)6-4-5-15-7-9-17(30-2)10-8-15/h7-13,29H,3-6,14H2,1-2H3,(H,24,27)(H,26,28)/b25-13+. The molecular weight excluding hydrogens is 422 g/mol. The minimum Gasteiger partial charge on any atom is -0.503 e. The van der Waals surface area contributed by atoms with E-state index in [0.717, 1.165) is 17.7 Å². The Kier molecular flexibility index (Phi) is 9.64. The summed E-state index contributed by atoms with van der Waals surface area (Å²) in [6.07, 6.45) is 3.10. The first-order chi connectivity index (χ1) is 14.9. The number of hydrogen-bond acceptors (Lipinski definition) is 6. The zero-order chi connectivity index (χ0) is 22.6. The van der Waals surface area contributed by atoms with Gasteiger partial charge in [0.1, 0.15) is 5.75 Å². The fourth-order valence-corrected chi connectivity index (χ4v) is 2.88. The maximum absolute atomic E-state index is 11.9. The summed E-state index contributed by atoms with van der Waals surface area (Å²) in [5.74, 6) is 0.191. The van der Waals surface area contributed by atoms with Gasteiger partial charge in [-0.2, -0.15) is 5.10 Å². The molecule has 0 saturated carbocycles. The fraction of sp³-hybridized carbons (Fsp3) is 0.318. The Morgan fingerprint density at radius 1 is 1.19 bits per heavy atom. The van der Waals surface area contributed by atoms with Crippen molar-refractivity contribution in [3.63, 3.8) is 0 Å². The highest BCUT2D eigenvalue weighted by Gasteiger charge is 2.09. The van der Waals surface area contributed by atoms with Gasteiger partial charge in [-0.05, 0) is 55.2 Å². The van der Waals surface area contributed by atoms with Crippen LogP contribution in [0.1, 0.15) is 30.9 Å². The van der Waals surface area contributed by atoms with Crippen molar-refractivity contribution in [3.8, 4) is 17.2 Å². The summed E-state index contributed by atoms with van der Waals surface area (Å²) in [7, 11) is 1.61. The molecule has 166 valence electrons. The number of amides is 2. The first-order valence-corrected chi connectivity index (χ1v) is 10.2. The molecule has 2 rings (SSSR count). The van der Waals surface area contributed by atoms with Crippen LogP contribution < -0.4 is 20.2 Å². The molecule has 8 nitrogen and oxygen atoms in total. The minimum absolute atomic E-state index is 0.112. The number of halogens is 1. The number of phenolic OH excluding ortho intramolecular Hbond substituents is 1. The van der Waals surface area contributed by atoms with Crippen molar-refractivity contribution >= 4 is 29.6 Å². The van der Waals surface area contributed by atoms with Crippen molar-refractivity contribution in [2.24, 2.45) is 5.10 Å². The van der Waals surface area contributed by atoms with Crippen LogP contribution >= 0.6 is 11.6 Å². The maximum atomic E-state index is 11.9. The van der Waals surface area contributed by atoms with Crippen molar-refractivity contribution in [1.29, 1.82) is 0 Å². The lowest BCUT2D eigenvalue weighted by Gasteiger charge is -2.08. The van der Waals surface area contributed by atoms with Gasteiger partial charge < -0.3 is 19.9 Å². The molecule has 0 unspecified atom stereocenters. The minimum atomic E-state index is -0.463. The molecule has 0 atom stereocenters. The second kappa shape index (κ2) is 12.4. The zero-order valence-corrected chi connectivity index (χ0v) is 18.2. The molecule has 0 aliphatic rings. The van der Waals surface area contributed by atoms with Crippen molar-refractivity contribution in [2.75, 3.05) is 20.3 Å². The second-order valence-electron chi connectivity index (χ2n) is 6.55. The number of ether oxygens (including phenoxy) is 2. The van der Waals surface area contributed by atoms with Crippen molar-refractivity contribution in [3.05, 3.63) is 52.5 Å². The van der Waals surface area contributed by atoms with Crippen LogP contribution in [0.3, 0.4) is 0 Å². The molecule has 0 aliphatic carbocycles. The van der Waals surface area contributed by atoms with Gasteiger partial charge in [0, 0.05) is 6.42 Å². The number of benzene rings is 2. The molecule has 3 N–H and O–H groups in total. The lowest BCUT2D eigenvalue weighted by atomic mass is 10.1. The van der Waals surface area contributed by atoms with Crippen molar-refractivity contribution < 1.29 is 24.2 Å². The second-order valence-corrected chi connectivity index (χ2v) is 6.96. The lowest BCUT2D eigenvalue weighted by Crippen LogP contribution is -2.34. The lowest BCUT2D eigenvalue weighted by molar-refractivity contribution is -0.126. The normalized spacial score (nSPS) is 10.7. The third-order valence-corrected chi connectivity index (χ3v) is 4.52. The number of rotatable bonds is 11. The highest BCUT2D eigenvalue weighted by Crippen LogP contribution is 2.34. The Morgan fingerprint density at radius 3 is 2.61 bits per heavy atom. The number of aromatic hydroxyl groups is 1. The molecular formula is C22H26ClN3O5. The molecule has 2 aromatic carbocycles.